The number of carboxylic acid groups (broad SMARTS) is 1. The van der Waals surface area contributed by atoms with E-state index in [-0.39, 0.29) is 18.6 Å². The largest absolute Gasteiger partial charge is 0.482 e. The van der Waals surface area contributed by atoms with Crippen LogP contribution in [-0.2, 0) is 16.0 Å². The van der Waals surface area contributed by atoms with Crippen LogP contribution in [0.5, 0.6) is 5.75 Å². The smallest absolute Gasteiger partial charge is 0.341 e. The van der Waals surface area contributed by atoms with Crippen LogP contribution < -0.4 is 10.1 Å². The number of rotatable bonds is 8. The van der Waals surface area contributed by atoms with Crippen LogP contribution in [0, 0.1) is 13.8 Å². The van der Waals surface area contributed by atoms with Crippen LogP contribution in [0.4, 0.5) is 0 Å². The first-order valence-corrected chi connectivity index (χ1v) is 8.02. The molecule has 0 aliphatic carbocycles. The van der Waals surface area contributed by atoms with Gasteiger partial charge in [0.1, 0.15) is 11.5 Å². The van der Waals surface area contributed by atoms with Gasteiger partial charge >= 0.3 is 5.97 Å². The number of carbonyl (C=O) groups is 2. The predicted octanol–water partition coefficient (Wildman–Crippen LogP) is 2.56. The first-order valence-electron chi connectivity index (χ1n) is 8.02. The Morgan fingerprint density at radius 3 is 2.52 bits per heavy atom. The number of carbonyl (C=O) groups excluding carboxylic acids is 1. The molecule has 0 saturated carbocycles. The van der Waals surface area contributed by atoms with E-state index < -0.39 is 5.97 Å². The van der Waals surface area contributed by atoms with E-state index in [1.807, 2.05) is 20.8 Å². The summed E-state index contributed by atoms with van der Waals surface area (Å²) in [5, 5.41) is 15.4. The molecule has 134 valence electrons. The SMILES string of the molecule is Cc1noc(C)c1CCC(=O)NC(C)c1ccc(OCC(=O)O)cc1. The molecule has 1 unspecified atom stereocenters. The van der Waals surface area contributed by atoms with Crippen LogP contribution in [0.25, 0.3) is 0 Å². The number of hydrogen-bond acceptors (Lipinski definition) is 5. The number of nitrogens with one attached hydrogen (secondary N) is 1. The molecule has 0 aliphatic heterocycles. The number of ether oxygens (including phenoxy) is 1. The normalized spacial score (nSPS) is 11.8. The molecule has 0 saturated heterocycles. The number of hydrogen-bond donors (Lipinski definition) is 2. The lowest BCUT2D eigenvalue weighted by atomic mass is 10.1. The molecule has 1 amide bonds. The number of aryl methyl sites for hydroxylation is 2. The monoisotopic (exact) mass is 346 g/mol. The molecule has 7 heteroatoms. The van der Waals surface area contributed by atoms with Crippen molar-refractivity contribution in [3.63, 3.8) is 0 Å². The zero-order chi connectivity index (χ0) is 18.4. The van der Waals surface area contributed by atoms with Crippen LogP contribution in [0.1, 0.15) is 42.0 Å². The maximum absolute atomic E-state index is 12.1. The Labute approximate surface area is 146 Å². The van der Waals surface area contributed by atoms with Gasteiger partial charge in [-0.25, -0.2) is 4.79 Å². The highest BCUT2D eigenvalue weighted by molar-refractivity contribution is 5.76. The second kappa shape index (κ2) is 8.32. The van der Waals surface area contributed by atoms with Gasteiger partial charge in [0.2, 0.25) is 5.91 Å². The third-order valence-corrected chi connectivity index (χ3v) is 3.90. The Balaban J connectivity index is 1.85. The molecule has 0 spiro atoms. The quantitative estimate of drug-likeness (QED) is 0.762. The van der Waals surface area contributed by atoms with Gasteiger partial charge in [0, 0.05) is 12.0 Å². The standard InChI is InChI=1S/C18H22N2O5/c1-11(14-4-6-15(7-5-14)24-10-18(22)23)19-17(21)9-8-16-12(2)20-25-13(16)3/h4-7,11H,8-10H2,1-3H3,(H,19,21)(H,22,23). The molecule has 1 atom stereocenters. The molecule has 25 heavy (non-hydrogen) atoms. The minimum atomic E-state index is -1.02. The molecule has 0 radical (unpaired) electrons. The Morgan fingerprint density at radius 2 is 1.96 bits per heavy atom. The second-order valence-electron chi connectivity index (χ2n) is 5.84. The summed E-state index contributed by atoms with van der Waals surface area (Å²) < 4.78 is 10.2. The number of aliphatic carboxylic acids is 1. The average molecular weight is 346 g/mol. The Morgan fingerprint density at radius 1 is 1.28 bits per heavy atom. The summed E-state index contributed by atoms with van der Waals surface area (Å²) in [6, 6.07) is 6.81. The summed E-state index contributed by atoms with van der Waals surface area (Å²) in [5.41, 5.74) is 2.70. The molecular formula is C18H22N2O5. The summed E-state index contributed by atoms with van der Waals surface area (Å²) in [7, 11) is 0. The Kier molecular flexibility index (Phi) is 6.16. The minimum Gasteiger partial charge on any atom is -0.482 e. The minimum absolute atomic E-state index is 0.0568. The molecule has 1 aromatic heterocycles. The van der Waals surface area contributed by atoms with Crippen LogP contribution >= 0.6 is 0 Å². The lowest BCUT2D eigenvalue weighted by Gasteiger charge is -2.15. The van der Waals surface area contributed by atoms with Crippen molar-refractivity contribution >= 4 is 11.9 Å². The van der Waals surface area contributed by atoms with Crippen LogP contribution in [0.3, 0.4) is 0 Å². The van der Waals surface area contributed by atoms with Crippen molar-refractivity contribution in [1.29, 1.82) is 0 Å². The molecule has 1 aromatic carbocycles. The molecule has 2 rings (SSSR count). The van der Waals surface area contributed by atoms with Gasteiger partial charge in [-0.15, -0.1) is 0 Å². The van der Waals surface area contributed by atoms with E-state index in [4.69, 9.17) is 14.4 Å². The lowest BCUT2D eigenvalue weighted by molar-refractivity contribution is -0.139. The number of benzene rings is 1. The van der Waals surface area contributed by atoms with Gasteiger partial charge in [0.05, 0.1) is 11.7 Å². The van der Waals surface area contributed by atoms with Crippen molar-refractivity contribution in [2.24, 2.45) is 0 Å². The summed E-state index contributed by atoms with van der Waals surface area (Å²) in [5.74, 6) is 0.139. The van der Waals surface area contributed by atoms with E-state index in [2.05, 4.69) is 10.5 Å². The molecular weight excluding hydrogens is 324 g/mol. The fourth-order valence-corrected chi connectivity index (χ4v) is 2.49. The topological polar surface area (TPSA) is 102 Å². The number of carboxylic acids is 1. The molecule has 7 nitrogen and oxygen atoms in total. The van der Waals surface area contributed by atoms with Gasteiger partial charge < -0.3 is 19.7 Å². The van der Waals surface area contributed by atoms with Crippen LogP contribution in [0.15, 0.2) is 28.8 Å². The number of nitrogens with zero attached hydrogens (tertiary/aromatic N) is 1. The van der Waals surface area contributed by atoms with Gasteiger partial charge in [-0.05, 0) is 44.9 Å². The molecule has 0 bridgehead atoms. The van der Waals surface area contributed by atoms with Crippen molar-refractivity contribution in [2.75, 3.05) is 6.61 Å². The first kappa shape index (κ1) is 18.5. The summed E-state index contributed by atoms with van der Waals surface area (Å²) >= 11 is 0. The van der Waals surface area contributed by atoms with Gasteiger partial charge in [0.25, 0.3) is 0 Å². The molecule has 0 fully saturated rings. The fourth-order valence-electron chi connectivity index (χ4n) is 2.49. The average Bonchev–Trinajstić information content (AvgIpc) is 2.89. The highest BCUT2D eigenvalue weighted by atomic mass is 16.5. The highest BCUT2D eigenvalue weighted by Gasteiger charge is 2.13. The van der Waals surface area contributed by atoms with E-state index in [1.54, 1.807) is 24.3 Å². The van der Waals surface area contributed by atoms with E-state index in [0.29, 0.717) is 18.6 Å². The number of aromatic nitrogens is 1. The predicted molar refractivity (Wildman–Crippen MR) is 90.4 cm³/mol. The second-order valence-corrected chi connectivity index (χ2v) is 5.84. The third kappa shape index (κ3) is 5.34. The van der Waals surface area contributed by atoms with Crippen molar-refractivity contribution in [3.8, 4) is 5.75 Å². The zero-order valence-corrected chi connectivity index (χ0v) is 14.5. The van der Waals surface area contributed by atoms with Crippen LogP contribution in [-0.4, -0.2) is 28.7 Å². The summed E-state index contributed by atoms with van der Waals surface area (Å²) in [6.45, 7) is 5.21. The van der Waals surface area contributed by atoms with Crippen molar-refractivity contribution in [2.45, 2.75) is 39.7 Å². The van der Waals surface area contributed by atoms with E-state index in [9.17, 15) is 9.59 Å². The summed E-state index contributed by atoms with van der Waals surface area (Å²) in [6.07, 6.45) is 0.939. The Bertz CT molecular complexity index is 717. The first-order chi connectivity index (χ1) is 11.9. The van der Waals surface area contributed by atoms with Crippen molar-refractivity contribution in [1.82, 2.24) is 10.5 Å². The zero-order valence-electron chi connectivity index (χ0n) is 14.5. The highest BCUT2D eigenvalue weighted by Crippen LogP contribution is 2.18. The molecule has 2 N–H and O–H groups in total. The van der Waals surface area contributed by atoms with E-state index >= 15 is 0 Å². The van der Waals surface area contributed by atoms with E-state index in [0.717, 1.165) is 22.6 Å². The molecule has 2 aromatic rings. The molecule has 0 aliphatic rings. The summed E-state index contributed by atoms with van der Waals surface area (Å²) in [4.78, 5) is 22.6. The van der Waals surface area contributed by atoms with Gasteiger partial charge in [-0.2, -0.15) is 0 Å². The Hall–Kier alpha value is -2.83. The number of amides is 1. The lowest BCUT2D eigenvalue weighted by Crippen LogP contribution is -2.26. The third-order valence-electron chi connectivity index (χ3n) is 3.90. The van der Waals surface area contributed by atoms with Crippen molar-refractivity contribution in [3.05, 3.63) is 46.8 Å². The van der Waals surface area contributed by atoms with E-state index in [1.165, 1.54) is 0 Å². The molecule has 1 heterocycles. The maximum Gasteiger partial charge on any atom is 0.341 e. The van der Waals surface area contributed by atoms with Crippen molar-refractivity contribution < 1.29 is 24.0 Å². The van der Waals surface area contributed by atoms with Gasteiger partial charge in [-0.3, -0.25) is 4.79 Å². The van der Waals surface area contributed by atoms with Crippen LogP contribution in [0.2, 0.25) is 0 Å². The maximum atomic E-state index is 12.1. The van der Waals surface area contributed by atoms with Gasteiger partial charge in [0.15, 0.2) is 6.61 Å². The fraction of sp³-hybridized carbons (Fsp3) is 0.389. The van der Waals surface area contributed by atoms with Gasteiger partial charge in [-0.1, -0.05) is 17.3 Å².